The van der Waals surface area contributed by atoms with Crippen molar-refractivity contribution in [3.8, 4) is 0 Å². The minimum atomic E-state index is -0.362. The van der Waals surface area contributed by atoms with Gasteiger partial charge in [0.05, 0.1) is 17.0 Å². The summed E-state index contributed by atoms with van der Waals surface area (Å²) in [5.41, 5.74) is 2.37. The quantitative estimate of drug-likeness (QED) is 0.624. The summed E-state index contributed by atoms with van der Waals surface area (Å²) in [6.45, 7) is 3.51. The van der Waals surface area contributed by atoms with Crippen molar-refractivity contribution in [3.05, 3.63) is 68.7 Å². The van der Waals surface area contributed by atoms with Gasteiger partial charge in [-0.1, -0.05) is 35.5 Å². The van der Waals surface area contributed by atoms with Crippen LogP contribution in [0.25, 0.3) is 6.08 Å². The van der Waals surface area contributed by atoms with Gasteiger partial charge in [0.15, 0.2) is 0 Å². The van der Waals surface area contributed by atoms with E-state index in [9.17, 15) is 10.1 Å². The van der Waals surface area contributed by atoms with E-state index in [0.717, 1.165) is 5.56 Å². The summed E-state index contributed by atoms with van der Waals surface area (Å²) in [5.74, 6) is 0.588. The van der Waals surface area contributed by atoms with Crippen molar-refractivity contribution in [1.82, 2.24) is 5.16 Å². The molecule has 0 N–H and O–H groups in total. The molecule has 0 unspecified atom stereocenters. The van der Waals surface area contributed by atoms with E-state index in [1.54, 1.807) is 13.8 Å². The van der Waals surface area contributed by atoms with Crippen LogP contribution in [0.15, 0.2) is 40.6 Å². The number of hydrogen-bond acceptors (Lipinski definition) is 4. The molecule has 1 aromatic carbocycles. The van der Waals surface area contributed by atoms with Gasteiger partial charge in [-0.25, -0.2) is 0 Å². The molecule has 19 heavy (non-hydrogen) atoms. The molecule has 1 aromatic heterocycles. The normalized spacial score (nSPS) is 11.6. The van der Waals surface area contributed by atoms with E-state index in [1.165, 1.54) is 6.08 Å². The Morgan fingerprint density at radius 3 is 2.58 bits per heavy atom. The smallest absolute Gasteiger partial charge is 0.251 e. The summed E-state index contributed by atoms with van der Waals surface area (Å²) in [7, 11) is 0. The molecular formula is C14H14N2O3. The molecule has 5 heteroatoms. The molecule has 0 spiro atoms. The maximum atomic E-state index is 11.1. The maximum Gasteiger partial charge on any atom is 0.251 e. The lowest BCUT2D eigenvalue weighted by Crippen LogP contribution is -2.02. The highest BCUT2D eigenvalue weighted by molar-refractivity contribution is 5.55. The van der Waals surface area contributed by atoms with Crippen molar-refractivity contribution in [2.24, 2.45) is 0 Å². The number of aromatic nitrogens is 1. The van der Waals surface area contributed by atoms with Crippen LogP contribution in [-0.2, 0) is 6.42 Å². The Morgan fingerprint density at radius 2 is 2.05 bits per heavy atom. The van der Waals surface area contributed by atoms with Crippen molar-refractivity contribution in [2.45, 2.75) is 20.3 Å². The van der Waals surface area contributed by atoms with Crippen LogP contribution >= 0.6 is 0 Å². The highest BCUT2D eigenvalue weighted by atomic mass is 16.6. The molecule has 98 valence electrons. The Labute approximate surface area is 110 Å². The fourth-order valence-corrected chi connectivity index (χ4v) is 1.84. The van der Waals surface area contributed by atoms with Gasteiger partial charge >= 0.3 is 0 Å². The largest absolute Gasteiger partial charge is 0.361 e. The van der Waals surface area contributed by atoms with Crippen LogP contribution in [0.4, 0.5) is 0 Å². The van der Waals surface area contributed by atoms with Crippen LogP contribution in [-0.4, -0.2) is 10.1 Å². The van der Waals surface area contributed by atoms with Crippen molar-refractivity contribution in [2.75, 3.05) is 0 Å². The molecule has 0 saturated carbocycles. The predicted molar refractivity (Wildman–Crippen MR) is 71.1 cm³/mol. The number of rotatable bonds is 4. The lowest BCUT2D eigenvalue weighted by Gasteiger charge is -1.99. The minimum absolute atomic E-state index is 0.126. The van der Waals surface area contributed by atoms with Crippen LogP contribution in [0.3, 0.4) is 0 Å². The predicted octanol–water partition coefficient (Wildman–Crippen LogP) is 3.15. The average Bonchev–Trinajstić information content (AvgIpc) is 2.70. The first-order chi connectivity index (χ1) is 9.08. The molecule has 0 saturated heterocycles. The molecule has 2 aromatic rings. The topological polar surface area (TPSA) is 69.2 Å². The molecule has 0 radical (unpaired) electrons. The zero-order valence-corrected chi connectivity index (χ0v) is 10.8. The van der Waals surface area contributed by atoms with Gasteiger partial charge in [-0.15, -0.1) is 0 Å². The van der Waals surface area contributed by atoms with E-state index in [2.05, 4.69) is 5.16 Å². The summed E-state index contributed by atoms with van der Waals surface area (Å²) in [5, 5.41) is 14.9. The van der Waals surface area contributed by atoms with Crippen molar-refractivity contribution in [1.29, 1.82) is 0 Å². The Balaban J connectivity index is 2.34. The number of nitrogens with zero attached hydrogens (tertiary/aromatic N) is 2. The second-order valence-corrected chi connectivity index (χ2v) is 4.29. The number of hydrogen-bond donors (Lipinski definition) is 0. The van der Waals surface area contributed by atoms with Gasteiger partial charge in [0.25, 0.3) is 5.70 Å². The third kappa shape index (κ3) is 3.07. The van der Waals surface area contributed by atoms with Crippen LogP contribution in [0.5, 0.6) is 0 Å². The van der Waals surface area contributed by atoms with Gasteiger partial charge in [0.1, 0.15) is 5.76 Å². The van der Waals surface area contributed by atoms with E-state index >= 15 is 0 Å². The third-order valence-electron chi connectivity index (χ3n) is 2.86. The first-order valence-electron chi connectivity index (χ1n) is 5.89. The number of allylic oxidation sites excluding steroid dienone is 1. The van der Waals surface area contributed by atoms with E-state index < -0.39 is 0 Å². The van der Waals surface area contributed by atoms with Crippen molar-refractivity contribution >= 4 is 6.08 Å². The molecule has 0 atom stereocenters. The summed E-state index contributed by atoms with van der Waals surface area (Å²) in [6, 6.07) is 9.34. The summed E-state index contributed by atoms with van der Waals surface area (Å²) < 4.78 is 5.01. The molecule has 0 aliphatic heterocycles. The first-order valence-corrected chi connectivity index (χ1v) is 5.89. The lowest BCUT2D eigenvalue weighted by atomic mass is 10.1. The Hall–Kier alpha value is -2.43. The second kappa shape index (κ2) is 5.48. The highest BCUT2D eigenvalue weighted by Crippen LogP contribution is 2.18. The van der Waals surface area contributed by atoms with Gasteiger partial charge in [0, 0.05) is 11.6 Å². The Bertz CT molecular complexity index is 595. The summed E-state index contributed by atoms with van der Waals surface area (Å²) >= 11 is 0. The third-order valence-corrected chi connectivity index (χ3v) is 2.86. The summed E-state index contributed by atoms with van der Waals surface area (Å²) in [6.07, 6.45) is 1.81. The fourth-order valence-electron chi connectivity index (χ4n) is 1.84. The van der Waals surface area contributed by atoms with Gasteiger partial charge in [0.2, 0.25) is 0 Å². The van der Waals surface area contributed by atoms with Gasteiger partial charge in [-0.2, -0.15) is 0 Å². The minimum Gasteiger partial charge on any atom is -0.361 e. The van der Waals surface area contributed by atoms with E-state index in [1.807, 2.05) is 30.3 Å². The molecule has 0 fully saturated rings. The zero-order chi connectivity index (χ0) is 13.8. The lowest BCUT2D eigenvalue weighted by molar-refractivity contribution is -0.425. The van der Waals surface area contributed by atoms with Crippen molar-refractivity contribution in [3.63, 3.8) is 0 Å². The second-order valence-electron chi connectivity index (χ2n) is 4.29. The Morgan fingerprint density at radius 1 is 1.37 bits per heavy atom. The average molecular weight is 258 g/mol. The first kappa shape index (κ1) is 13.0. The Kier molecular flexibility index (Phi) is 3.75. The van der Waals surface area contributed by atoms with Crippen LogP contribution in [0.1, 0.15) is 22.6 Å². The SMILES string of the molecule is Cc1noc(C)c1C=C(Cc1ccccc1)[N+](=O)[O-]. The molecular weight excluding hydrogens is 244 g/mol. The van der Waals surface area contributed by atoms with Gasteiger partial charge < -0.3 is 4.52 Å². The standard InChI is InChI=1S/C14H14N2O3/c1-10-14(11(2)19-15-10)9-13(16(17)18)8-12-6-4-3-5-7-12/h3-7,9H,8H2,1-2H3. The molecule has 1 heterocycles. The molecule has 0 aliphatic rings. The number of benzene rings is 1. The number of aryl methyl sites for hydroxylation is 2. The molecule has 0 aliphatic carbocycles. The van der Waals surface area contributed by atoms with Crippen molar-refractivity contribution < 1.29 is 9.45 Å². The zero-order valence-electron chi connectivity index (χ0n) is 10.8. The summed E-state index contributed by atoms with van der Waals surface area (Å²) in [4.78, 5) is 10.8. The van der Waals surface area contributed by atoms with Gasteiger partial charge in [-0.05, 0) is 19.4 Å². The van der Waals surface area contributed by atoms with Crippen LogP contribution < -0.4 is 0 Å². The highest BCUT2D eigenvalue weighted by Gasteiger charge is 2.15. The number of nitro groups is 1. The van der Waals surface area contributed by atoms with E-state index in [-0.39, 0.29) is 17.0 Å². The maximum absolute atomic E-state index is 11.1. The van der Waals surface area contributed by atoms with Crippen LogP contribution in [0, 0.1) is 24.0 Å². The van der Waals surface area contributed by atoms with E-state index in [4.69, 9.17) is 4.52 Å². The molecule has 5 nitrogen and oxygen atoms in total. The fraction of sp³-hybridized carbons (Fsp3) is 0.214. The molecule has 2 rings (SSSR count). The van der Waals surface area contributed by atoms with E-state index in [0.29, 0.717) is 17.0 Å². The molecule has 0 bridgehead atoms. The van der Waals surface area contributed by atoms with Crippen LogP contribution in [0.2, 0.25) is 0 Å². The van der Waals surface area contributed by atoms with Gasteiger partial charge in [-0.3, -0.25) is 10.1 Å². The molecule has 0 amide bonds. The monoisotopic (exact) mass is 258 g/mol.